The van der Waals surface area contributed by atoms with E-state index in [2.05, 4.69) is 12.2 Å². The van der Waals surface area contributed by atoms with Crippen molar-refractivity contribution in [3.05, 3.63) is 41.5 Å². The first kappa shape index (κ1) is 21.6. The number of unbranched alkanes of at least 4 members (excludes halogenated alkanes) is 4. The van der Waals surface area contributed by atoms with E-state index in [1.54, 1.807) is 24.3 Å². The van der Waals surface area contributed by atoms with Gasteiger partial charge in [-0.15, -0.1) is 11.3 Å². The van der Waals surface area contributed by atoms with Crippen molar-refractivity contribution in [2.45, 2.75) is 75.0 Å². The van der Waals surface area contributed by atoms with Crippen LogP contribution in [0.25, 0.3) is 0 Å². The SMILES string of the molecule is CCCCCCC[C@H]1[C@@H]2CC[C@@H](C2)[C@@H]1NC(=O)c1ccc(S(=O)(=O)n2cccc2)s1. The molecule has 2 fully saturated rings. The quantitative estimate of drug-likeness (QED) is 0.502. The monoisotopic (exact) mass is 448 g/mol. The van der Waals surface area contributed by atoms with Crippen LogP contribution in [0.2, 0.25) is 0 Å². The van der Waals surface area contributed by atoms with Crippen LogP contribution in [-0.4, -0.2) is 24.3 Å². The molecule has 0 unspecified atom stereocenters. The molecule has 2 saturated carbocycles. The lowest BCUT2D eigenvalue weighted by Crippen LogP contribution is -2.43. The maximum absolute atomic E-state index is 13.0. The summed E-state index contributed by atoms with van der Waals surface area (Å²) in [7, 11) is -3.62. The lowest BCUT2D eigenvalue weighted by atomic mass is 9.81. The van der Waals surface area contributed by atoms with Crippen LogP contribution in [0.15, 0.2) is 40.9 Å². The maximum atomic E-state index is 13.0. The summed E-state index contributed by atoms with van der Waals surface area (Å²) in [5, 5.41) is 3.30. The average molecular weight is 449 g/mol. The molecule has 2 heterocycles. The summed E-state index contributed by atoms with van der Waals surface area (Å²) in [5.74, 6) is 1.79. The fourth-order valence-electron chi connectivity index (χ4n) is 5.42. The third-order valence-corrected chi connectivity index (χ3v) is 10.1. The van der Waals surface area contributed by atoms with Crippen molar-refractivity contribution in [3.63, 3.8) is 0 Å². The number of rotatable bonds is 10. The van der Waals surface area contributed by atoms with E-state index in [1.165, 1.54) is 74.2 Å². The molecule has 5 nitrogen and oxygen atoms in total. The number of hydrogen-bond acceptors (Lipinski definition) is 4. The summed E-state index contributed by atoms with van der Waals surface area (Å²) in [5.41, 5.74) is 0. The van der Waals surface area contributed by atoms with Crippen LogP contribution < -0.4 is 5.32 Å². The van der Waals surface area contributed by atoms with E-state index in [1.807, 2.05) is 0 Å². The maximum Gasteiger partial charge on any atom is 0.277 e. The minimum Gasteiger partial charge on any atom is -0.348 e. The summed E-state index contributed by atoms with van der Waals surface area (Å²) in [6.07, 6.45) is 14.4. The molecule has 7 heteroatoms. The minimum atomic E-state index is -3.62. The lowest BCUT2D eigenvalue weighted by molar-refractivity contribution is 0.0900. The molecule has 0 spiro atoms. The first-order valence-corrected chi connectivity index (χ1v) is 13.6. The first-order valence-electron chi connectivity index (χ1n) is 11.3. The number of nitrogens with zero attached hydrogens (tertiary/aromatic N) is 1. The van der Waals surface area contributed by atoms with Gasteiger partial charge in [-0.05, 0) is 67.7 Å². The standard InChI is InChI=1S/C23H32N2O3S2/c1-2-3-4-5-6-9-19-17-10-11-18(16-17)22(19)24-23(26)20-12-13-21(29-20)30(27,28)25-14-7-8-15-25/h7-8,12-15,17-19,22H,2-6,9-11,16H2,1H3,(H,24,26)/t17-,18+,19+,22+/m1/s1. The van der Waals surface area contributed by atoms with E-state index in [4.69, 9.17) is 0 Å². The Bertz CT molecular complexity index is 949. The molecule has 2 aliphatic rings. The number of fused-ring (bicyclic) bond motifs is 2. The van der Waals surface area contributed by atoms with Crippen molar-refractivity contribution in [1.82, 2.24) is 9.29 Å². The van der Waals surface area contributed by atoms with Gasteiger partial charge in [-0.1, -0.05) is 39.0 Å². The van der Waals surface area contributed by atoms with E-state index in [0.29, 0.717) is 16.7 Å². The molecule has 4 rings (SSSR count). The molecule has 0 aliphatic heterocycles. The Morgan fingerprint density at radius 2 is 1.83 bits per heavy atom. The highest BCUT2D eigenvalue weighted by Gasteiger charge is 2.47. The number of carbonyl (C=O) groups is 1. The van der Waals surface area contributed by atoms with Gasteiger partial charge in [0, 0.05) is 18.4 Å². The minimum absolute atomic E-state index is 0.123. The predicted octanol–water partition coefficient (Wildman–Crippen LogP) is 5.29. The second kappa shape index (κ2) is 9.27. The van der Waals surface area contributed by atoms with Crippen LogP contribution in [0.4, 0.5) is 0 Å². The molecule has 1 N–H and O–H groups in total. The van der Waals surface area contributed by atoms with E-state index in [-0.39, 0.29) is 16.2 Å². The highest BCUT2D eigenvalue weighted by Crippen LogP contribution is 2.50. The highest BCUT2D eigenvalue weighted by molar-refractivity contribution is 7.92. The smallest absolute Gasteiger partial charge is 0.277 e. The van der Waals surface area contributed by atoms with Gasteiger partial charge in [0.1, 0.15) is 4.21 Å². The highest BCUT2D eigenvalue weighted by atomic mass is 32.2. The van der Waals surface area contributed by atoms with Gasteiger partial charge in [0.2, 0.25) is 0 Å². The molecule has 2 aromatic heterocycles. The largest absolute Gasteiger partial charge is 0.348 e. The normalized spacial score (nSPS) is 25.6. The van der Waals surface area contributed by atoms with Crippen LogP contribution in [0.3, 0.4) is 0 Å². The number of nitrogens with one attached hydrogen (secondary N) is 1. The number of aromatic nitrogens is 1. The summed E-state index contributed by atoms with van der Waals surface area (Å²) in [6.45, 7) is 2.24. The Morgan fingerprint density at radius 3 is 2.60 bits per heavy atom. The molecule has 2 aliphatic carbocycles. The van der Waals surface area contributed by atoms with Gasteiger partial charge < -0.3 is 5.32 Å². The second-order valence-corrected chi connectivity index (χ2v) is 12.0. The molecule has 30 heavy (non-hydrogen) atoms. The zero-order valence-electron chi connectivity index (χ0n) is 17.6. The Balaban J connectivity index is 1.40. The van der Waals surface area contributed by atoms with Crippen molar-refractivity contribution >= 4 is 27.3 Å². The summed E-state index contributed by atoms with van der Waals surface area (Å²) >= 11 is 1.06. The average Bonchev–Trinajstić information content (AvgIpc) is 3.53. The second-order valence-electron chi connectivity index (χ2n) is 8.84. The van der Waals surface area contributed by atoms with E-state index >= 15 is 0 Å². The molecule has 2 aromatic rings. The van der Waals surface area contributed by atoms with Gasteiger partial charge in [0.05, 0.1) is 4.88 Å². The van der Waals surface area contributed by atoms with Gasteiger partial charge in [0.25, 0.3) is 15.9 Å². The summed E-state index contributed by atoms with van der Waals surface area (Å²) in [4.78, 5) is 13.4. The van der Waals surface area contributed by atoms with Crippen molar-refractivity contribution in [1.29, 1.82) is 0 Å². The van der Waals surface area contributed by atoms with Gasteiger partial charge in [0.15, 0.2) is 0 Å². The van der Waals surface area contributed by atoms with Gasteiger partial charge in [-0.25, -0.2) is 3.97 Å². The van der Waals surface area contributed by atoms with Crippen molar-refractivity contribution in [3.8, 4) is 0 Å². The zero-order valence-corrected chi connectivity index (χ0v) is 19.3. The van der Waals surface area contributed by atoms with Crippen molar-refractivity contribution in [2.24, 2.45) is 17.8 Å². The fraction of sp³-hybridized carbons (Fsp3) is 0.609. The van der Waals surface area contributed by atoms with Crippen LogP contribution in [0.1, 0.15) is 74.4 Å². The van der Waals surface area contributed by atoms with Crippen LogP contribution in [-0.2, 0) is 10.0 Å². The molecular weight excluding hydrogens is 416 g/mol. The number of amides is 1. The fourth-order valence-corrected chi connectivity index (χ4v) is 7.92. The Hall–Kier alpha value is -1.60. The number of hydrogen-bond donors (Lipinski definition) is 1. The third kappa shape index (κ3) is 4.37. The van der Waals surface area contributed by atoms with Crippen molar-refractivity contribution < 1.29 is 13.2 Å². The number of carbonyl (C=O) groups excluding carboxylic acids is 1. The van der Waals surface area contributed by atoms with Crippen LogP contribution >= 0.6 is 11.3 Å². The van der Waals surface area contributed by atoms with Crippen LogP contribution in [0.5, 0.6) is 0 Å². The molecule has 0 aromatic carbocycles. The first-order chi connectivity index (χ1) is 14.5. The Morgan fingerprint density at radius 1 is 1.10 bits per heavy atom. The van der Waals surface area contributed by atoms with Crippen LogP contribution in [0, 0.1) is 17.8 Å². The predicted molar refractivity (Wildman–Crippen MR) is 120 cm³/mol. The molecule has 1 amide bonds. The zero-order chi connectivity index (χ0) is 21.1. The topological polar surface area (TPSA) is 68.2 Å². The molecule has 0 saturated heterocycles. The molecule has 0 radical (unpaired) electrons. The van der Waals surface area contributed by atoms with E-state index in [0.717, 1.165) is 17.3 Å². The van der Waals surface area contributed by atoms with Crippen molar-refractivity contribution in [2.75, 3.05) is 0 Å². The number of thiophene rings is 1. The molecular formula is C23H32N2O3S2. The van der Waals surface area contributed by atoms with Gasteiger partial charge >= 0.3 is 0 Å². The molecule has 2 bridgehead atoms. The Labute approximate surface area is 183 Å². The van der Waals surface area contributed by atoms with E-state index in [9.17, 15) is 13.2 Å². The van der Waals surface area contributed by atoms with E-state index < -0.39 is 10.0 Å². The van der Waals surface area contributed by atoms with Gasteiger partial charge in [-0.3, -0.25) is 4.79 Å². The molecule has 164 valence electrons. The summed E-state index contributed by atoms with van der Waals surface area (Å²) < 4.78 is 26.7. The molecule has 4 atom stereocenters. The lowest BCUT2D eigenvalue weighted by Gasteiger charge is -2.31. The summed E-state index contributed by atoms with van der Waals surface area (Å²) in [6, 6.07) is 6.78. The third-order valence-electron chi connectivity index (χ3n) is 6.94. The van der Waals surface area contributed by atoms with Gasteiger partial charge in [-0.2, -0.15) is 8.42 Å². The Kier molecular flexibility index (Phi) is 6.68.